The predicted molar refractivity (Wildman–Crippen MR) is 69.8 cm³/mol. The second kappa shape index (κ2) is 6.39. The van der Waals surface area contributed by atoms with Crippen molar-refractivity contribution in [1.82, 2.24) is 5.32 Å². The fourth-order valence-electron chi connectivity index (χ4n) is 2.88. The van der Waals surface area contributed by atoms with Crippen LogP contribution in [0.1, 0.15) is 53.4 Å². The number of hydrogen-bond donors (Lipinski definition) is 1. The van der Waals surface area contributed by atoms with Crippen molar-refractivity contribution in [2.45, 2.75) is 58.9 Å². The lowest BCUT2D eigenvalue weighted by Crippen LogP contribution is -2.60. The van der Waals surface area contributed by atoms with Gasteiger partial charge in [0.15, 0.2) is 0 Å². The molecular weight excluding hydrogens is 214 g/mol. The molecule has 0 amide bonds. The first-order valence-corrected chi connectivity index (χ1v) is 7.00. The van der Waals surface area contributed by atoms with Gasteiger partial charge in [-0.2, -0.15) is 0 Å². The summed E-state index contributed by atoms with van der Waals surface area (Å²) >= 11 is 0. The monoisotopic (exact) mass is 241 g/mol. The highest BCUT2D eigenvalue weighted by molar-refractivity contribution is 5.81. The number of nitrogens with one attached hydrogen (secondary N) is 1. The van der Waals surface area contributed by atoms with Crippen LogP contribution in [-0.4, -0.2) is 24.7 Å². The third-order valence-electron chi connectivity index (χ3n) is 4.19. The number of carbonyl (C=O) groups is 1. The molecule has 1 saturated carbocycles. The Morgan fingerprint density at radius 3 is 2.71 bits per heavy atom. The smallest absolute Gasteiger partial charge is 0.326 e. The molecule has 3 nitrogen and oxygen atoms in total. The van der Waals surface area contributed by atoms with E-state index < -0.39 is 5.54 Å². The molecule has 0 radical (unpaired) electrons. The molecule has 0 aromatic heterocycles. The van der Waals surface area contributed by atoms with Gasteiger partial charge in [0.25, 0.3) is 0 Å². The number of hydrogen-bond acceptors (Lipinski definition) is 3. The molecule has 3 unspecified atom stereocenters. The number of carbonyl (C=O) groups excluding carboxylic acids is 1. The molecule has 1 N–H and O–H groups in total. The average molecular weight is 241 g/mol. The molecule has 1 fully saturated rings. The number of esters is 1. The van der Waals surface area contributed by atoms with Crippen LogP contribution < -0.4 is 5.32 Å². The van der Waals surface area contributed by atoms with E-state index in [4.69, 9.17) is 4.74 Å². The molecule has 3 atom stereocenters. The standard InChI is InChI=1S/C14H27NO2/c1-5-10-15-14(13(16)17-6-2)9-7-8-11(3)12(14)4/h11-12,15H,5-10H2,1-4H3. The van der Waals surface area contributed by atoms with Gasteiger partial charge in [0.2, 0.25) is 0 Å². The minimum Gasteiger partial charge on any atom is -0.465 e. The third-order valence-corrected chi connectivity index (χ3v) is 4.19. The Bertz CT molecular complexity index is 255. The van der Waals surface area contributed by atoms with Crippen LogP contribution in [-0.2, 0) is 9.53 Å². The Morgan fingerprint density at radius 1 is 1.41 bits per heavy atom. The SMILES string of the molecule is CCCNC1(C(=O)OCC)CCCC(C)C1C. The largest absolute Gasteiger partial charge is 0.465 e. The van der Waals surface area contributed by atoms with Crippen LogP contribution in [0, 0.1) is 11.8 Å². The molecule has 0 aromatic carbocycles. The summed E-state index contributed by atoms with van der Waals surface area (Å²) in [6.07, 6.45) is 4.29. The Hall–Kier alpha value is -0.570. The van der Waals surface area contributed by atoms with Gasteiger partial charge in [-0.3, -0.25) is 4.79 Å². The second-order valence-corrected chi connectivity index (χ2v) is 5.28. The molecule has 0 aliphatic heterocycles. The Labute approximate surface area is 105 Å². The molecule has 0 heterocycles. The minimum absolute atomic E-state index is 0.0486. The summed E-state index contributed by atoms with van der Waals surface area (Å²) in [7, 11) is 0. The van der Waals surface area contributed by atoms with E-state index in [0.29, 0.717) is 18.4 Å². The Kier molecular flexibility index (Phi) is 5.44. The van der Waals surface area contributed by atoms with Crippen molar-refractivity contribution < 1.29 is 9.53 Å². The minimum atomic E-state index is -0.441. The maximum Gasteiger partial charge on any atom is 0.326 e. The van der Waals surface area contributed by atoms with E-state index >= 15 is 0 Å². The fraction of sp³-hybridized carbons (Fsp3) is 0.929. The Morgan fingerprint density at radius 2 is 2.12 bits per heavy atom. The molecular formula is C14H27NO2. The van der Waals surface area contributed by atoms with E-state index in [1.807, 2.05) is 6.92 Å². The second-order valence-electron chi connectivity index (χ2n) is 5.28. The number of rotatable bonds is 5. The molecule has 17 heavy (non-hydrogen) atoms. The van der Waals surface area contributed by atoms with Crippen LogP contribution in [0.3, 0.4) is 0 Å². The fourth-order valence-corrected chi connectivity index (χ4v) is 2.88. The lowest BCUT2D eigenvalue weighted by atomic mass is 9.68. The normalized spacial score (nSPS) is 33.4. The van der Waals surface area contributed by atoms with Gasteiger partial charge in [0.1, 0.15) is 5.54 Å². The molecule has 1 rings (SSSR count). The van der Waals surface area contributed by atoms with Crippen LogP contribution in [0.5, 0.6) is 0 Å². The quantitative estimate of drug-likeness (QED) is 0.752. The van der Waals surface area contributed by atoms with Gasteiger partial charge >= 0.3 is 5.97 Å². The maximum absolute atomic E-state index is 12.3. The summed E-state index contributed by atoms with van der Waals surface area (Å²) in [6, 6.07) is 0. The lowest BCUT2D eigenvalue weighted by Gasteiger charge is -2.44. The van der Waals surface area contributed by atoms with Crippen molar-refractivity contribution in [1.29, 1.82) is 0 Å². The van der Waals surface area contributed by atoms with Crippen molar-refractivity contribution in [2.75, 3.05) is 13.2 Å². The highest BCUT2D eigenvalue weighted by Gasteiger charge is 2.48. The zero-order valence-electron chi connectivity index (χ0n) is 11.7. The van der Waals surface area contributed by atoms with E-state index in [1.54, 1.807) is 0 Å². The molecule has 0 aromatic rings. The van der Waals surface area contributed by atoms with Gasteiger partial charge in [-0.25, -0.2) is 0 Å². The predicted octanol–water partition coefficient (Wildman–Crippen LogP) is 2.74. The molecule has 0 spiro atoms. The molecule has 1 aliphatic carbocycles. The molecule has 1 aliphatic rings. The van der Waals surface area contributed by atoms with Gasteiger partial charge in [0.05, 0.1) is 6.61 Å². The van der Waals surface area contributed by atoms with E-state index in [9.17, 15) is 4.79 Å². The summed E-state index contributed by atoms with van der Waals surface area (Å²) in [4.78, 5) is 12.3. The van der Waals surface area contributed by atoms with Crippen molar-refractivity contribution in [3.8, 4) is 0 Å². The summed E-state index contributed by atoms with van der Waals surface area (Å²) in [5.74, 6) is 0.881. The highest BCUT2D eigenvalue weighted by Crippen LogP contribution is 2.38. The van der Waals surface area contributed by atoms with Gasteiger partial charge in [-0.05, 0) is 38.1 Å². The molecule has 0 bridgehead atoms. The summed E-state index contributed by atoms with van der Waals surface area (Å²) in [5.41, 5.74) is -0.441. The van der Waals surface area contributed by atoms with Crippen molar-refractivity contribution in [3.63, 3.8) is 0 Å². The maximum atomic E-state index is 12.3. The van der Waals surface area contributed by atoms with Gasteiger partial charge in [-0.1, -0.05) is 33.6 Å². The van der Waals surface area contributed by atoms with E-state index in [0.717, 1.165) is 25.8 Å². The first-order valence-electron chi connectivity index (χ1n) is 7.00. The average Bonchev–Trinajstić information content (AvgIpc) is 2.31. The highest BCUT2D eigenvalue weighted by atomic mass is 16.5. The van der Waals surface area contributed by atoms with Gasteiger partial charge < -0.3 is 10.1 Å². The van der Waals surface area contributed by atoms with Crippen LogP contribution in [0.4, 0.5) is 0 Å². The van der Waals surface area contributed by atoms with Crippen molar-refractivity contribution in [3.05, 3.63) is 0 Å². The first-order chi connectivity index (χ1) is 8.08. The zero-order valence-corrected chi connectivity index (χ0v) is 11.7. The van der Waals surface area contributed by atoms with E-state index in [2.05, 4.69) is 26.1 Å². The number of ether oxygens (including phenoxy) is 1. The van der Waals surface area contributed by atoms with Crippen LogP contribution in [0.25, 0.3) is 0 Å². The first kappa shape index (κ1) is 14.5. The third kappa shape index (κ3) is 3.01. The summed E-state index contributed by atoms with van der Waals surface area (Å²) in [6.45, 7) is 9.78. The Balaban J connectivity index is 2.86. The molecule has 100 valence electrons. The van der Waals surface area contributed by atoms with Gasteiger partial charge in [0, 0.05) is 0 Å². The molecule has 0 saturated heterocycles. The van der Waals surface area contributed by atoms with E-state index in [1.165, 1.54) is 6.42 Å². The van der Waals surface area contributed by atoms with Gasteiger partial charge in [-0.15, -0.1) is 0 Å². The van der Waals surface area contributed by atoms with E-state index in [-0.39, 0.29) is 5.97 Å². The zero-order chi connectivity index (χ0) is 12.9. The van der Waals surface area contributed by atoms with Crippen LogP contribution in [0.2, 0.25) is 0 Å². The lowest BCUT2D eigenvalue weighted by molar-refractivity contribution is -0.156. The summed E-state index contributed by atoms with van der Waals surface area (Å²) < 4.78 is 5.30. The molecule has 3 heteroatoms. The summed E-state index contributed by atoms with van der Waals surface area (Å²) in [5, 5.41) is 3.48. The van der Waals surface area contributed by atoms with Crippen LogP contribution in [0.15, 0.2) is 0 Å². The topological polar surface area (TPSA) is 38.3 Å². The van der Waals surface area contributed by atoms with Crippen LogP contribution >= 0.6 is 0 Å². The van der Waals surface area contributed by atoms with Crippen molar-refractivity contribution >= 4 is 5.97 Å². The van der Waals surface area contributed by atoms with Crippen molar-refractivity contribution in [2.24, 2.45) is 11.8 Å².